The summed E-state index contributed by atoms with van der Waals surface area (Å²) in [6, 6.07) is -0.869. The molecule has 0 bridgehead atoms. The Bertz CT molecular complexity index is 422. The summed E-state index contributed by atoms with van der Waals surface area (Å²) in [5.74, 6) is -1.42. The zero-order valence-electron chi connectivity index (χ0n) is 12.3. The van der Waals surface area contributed by atoms with Crippen molar-refractivity contribution in [1.29, 1.82) is 0 Å². The van der Waals surface area contributed by atoms with Crippen molar-refractivity contribution in [3.8, 4) is 0 Å². The maximum Gasteiger partial charge on any atom is 0.305 e. The fourth-order valence-electron chi connectivity index (χ4n) is 2.57. The molecule has 1 saturated carbocycles. The van der Waals surface area contributed by atoms with Crippen molar-refractivity contribution in [1.82, 2.24) is 9.80 Å². The molecule has 118 valence electrons. The Labute approximate surface area is 123 Å². The zero-order valence-corrected chi connectivity index (χ0v) is 12.3. The smallest absolute Gasteiger partial charge is 0.305 e. The first-order chi connectivity index (χ1) is 10.0. The summed E-state index contributed by atoms with van der Waals surface area (Å²) in [6.45, 7) is 4.17. The van der Waals surface area contributed by atoms with Crippen LogP contribution in [0, 0.1) is 5.92 Å². The molecular formula is C14H22N2O5. The minimum absolute atomic E-state index is 0.0101. The molecule has 2 rings (SSSR count). The molecular weight excluding hydrogens is 276 g/mol. The molecule has 0 aromatic carbocycles. The molecule has 7 nitrogen and oxygen atoms in total. The summed E-state index contributed by atoms with van der Waals surface area (Å²) in [4.78, 5) is 38.7. The highest BCUT2D eigenvalue weighted by atomic mass is 16.5. The van der Waals surface area contributed by atoms with Crippen LogP contribution in [-0.4, -0.2) is 71.6 Å². The number of carboxylic acid groups (broad SMARTS) is 1. The van der Waals surface area contributed by atoms with Gasteiger partial charge in [0.1, 0.15) is 6.04 Å². The van der Waals surface area contributed by atoms with E-state index in [-0.39, 0.29) is 24.2 Å². The van der Waals surface area contributed by atoms with Crippen LogP contribution in [0.2, 0.25) is 0 Å². The number of hydrogen-bond donors (Lipinski definition) is 1. The molecule has 0 aromatic heterocycles. The largest absolute Gasteiger partial charge is 0.481 e. The third kappa shape index (κ3) is 3.93. The Hall–Kier alpha value is -1.63. The van der Waals surface area contributed by atoms with E-state index in [0.29, 0.717) is 32.8 Å². The van der Waals surface area contributed by atoms with Crippen LogP contribution in [0.3, 0.4) is 0 Å². The minimum Gasteiger partial charge on any atom is -0.481 e. The number of nitrogens with zero attached hydrogens (tertiary/aromatic N) is 2. The van der Waals surface area contributed by atoms with Gasteiger partial charge in [-0.05, 0) is 19.8 Å². The molecule has 2 amide bonds. The molecule has 0 radical (unpaired) electrons. The molecule has 1 unspecified atom stereocenters. The van der Waals surface area contributed by atoms with Crippen LogP contribution in [0.1, 0.15) is 26.2 Å². The lowest BCUT2D eigenvalue weighted by Gasteiger charge is -2.40. The van der Waals surface area contributed by atoms with E-state index < -0.39 is 12.0 Å². The van der Waals surface area contributed by atoms with E-state index in [1.807, 2.05) is 6.92 Å². The molecule has 1 aliphatic heterocycles. The summed E-state index contributed by atoms with van der Waals surface area (Å²) in [5, 5.41) is 9.00. The third-order valence-electron chi connectivity index (χ3n) is 3.87. The molecule has 1 heterocycles. The summed E-state index contributed by atoms with van der Waals surface area (Å²) >= 11 is 0. The fraction of sp³-hybridized carbons (Fsp3) is 0.786. The SMILES string of the molecule is CCOCCN1CCN(C(=O)C2CC2)C(CC(=O)O)C1=O. The van der Waals surface area contributed by atoms with Gasteiger partial charge in [-0.2, -0.15) is 0 Å². The number of piperazine rings is 1. The zero-order chi connectivity index (χ0) is 15.4. The summed E-state index contributed by atoms with van der Waals surface area (Å²) in [6.07, 6.45) is 1.36. The van der Waals surface area contributed by atoms with Gasteiger partial charge < -0.3 is 19.6 Å². The van der Waals surface area contributed by atoms with Gasteiger partial charge in [0.2, 0.25) is 11.8 Å². The molecule has 2 aliphatic rings. The van der Waals surface area contributed by atoms with Crippen LogP contribution in [0.5, 0.6) is 0 Å². The molecule has 1 atom stereocenters. The second kappa shape index (κ2) is 6.89. The lowest BCUT2D eigenvalue weighted by Crippen LogP contribution is -2.60. The second-order valence-electron chi connectivity index (χ2n) is 5.44. The molecule has 1 aliphatic carbocycles. The highest BCUT2D eigenvalue weighted by Gasteiger charge is 2.43. The predicted octanol–water partition coefficient (Wildman–Crippen LogP) is -0.0530. The second-order valence-corrected chi connectivity index (χ2v) is 5.44. The van der Waals surface area contributed by atoms with Gasteiger partial charge in [-0.25, -0.2) is 0 Å². The number of carbonyl (C=O) groups is 3. The molecule has 2 fully saturated rings. The van der Waals surface area contributed by atoms with E-state index >= 15 is 0 Å². The number of aliphatic carboxylic acids is 1. The van der Waals surface area contributed by atoms with Crippen molar-refractivity contribution in [2.45, 2.75) is 32.2 Å². The first-order valence-corrected chi connectivity index (χ1v) is 7.43. The Morgan fingerprint density at radius 1 is 1.33 bits per heavy atom. The molecule has 0 aromatic rings. The maximum absolute atomic E-state index is 12.4. The van der Waals surface area contributed by atoms with Crippen LogP contribution in [-0.2, 0) is 19.1 Å². The summed E-state index contributed by atoms with van der Waals surface area (Å²) < 4.78 is 5.23. The van der Waals surface area contributed by atoms with Crippen molar-refractivity contribution in [3.63, 3.8) is 0 Å². The van der Waals surface area contributed by atoms with Gasteiger partial charge in [-0.15, -0.1) is 0 Å². The van der Waals surface area contributed by atoms with E-state index in [1.54, 1.807) is 4.90 Å². The normalized spacial score (nSPS) is 22.5. The Balaban J connectivity index is 2.02. The first-order valence-electron chi connectivity index (χ1n) is 7.43. The van der Waals surface area contributed by atoms with Crippen LogP contribution in [0.25, 0.3) is 0 Å². The third-order valence-corrected chi connectivity index (χ3v) is 3.87. The summed E-state index contributed by atoms with van der Waals surface area (Å²) in [7, 11) is 0. The van der Waals surface area contributed by atoms with Crippen molar-refractivity contribution < 1.29 is 24.2 Å². The predicted molar refractivity (Wildman–Crippen MR) is 73.6 cm³/mol. The number of carbonyl (C=O) groups excluding carboxylic acids is 2. The highest BCUT2D eigenvalue weighted by molar-refractivity contribution is 5.92. The lowest BCUT2D eigenvalue weighted by molar-refractivity contribution is -0.156. The van der Waals surface area contributed by atoms with Crippen LogP contribution in [0.15, 0.2) is 0 Å². The lowest BCUT2D eigenvalue weighted by atomic mass is 10.1. The molecule has 0 spiro atoms. The average Bonchev–Trinajstić information content (AvgIpc) is 3.26. The molecule has 7 heteroatoms. The quantitative estimate of drug-likeness (QED) is 0.666. The van der Waals surface area contributed by atoms with Crippen molar-refractivity contribution >= 4 is 17.8 Å². The fourth-order valence-corrected chi connectivity index (χ4v) is 2.57. The average molecular weight is 298 g/mol. The van der Waals surface area contributed by atoms with Gasteiger partial charge in [0.25, 0.3) is 0 Å². The topological polar surface area (TPSA) is 87.2 Å². The Kier molecular flexibility index (Phi) is 5.17. The molecule has 1 N–H and O–H groups in total. The number of ether oxygens (including phenoxy) is 1. The van der Waals surface area contributed by atoms with Crippen molar-refractivity contribution in [2.75, 3.05) is 32.8 Å². The van der Waals surface area contributed by atoms with Crippen LogP contribution in [0.4, 0.5) is 0 Å². The van der Waals surface area contributed by atoms with Crippen molar-refractivity contribution in [3.05, 3.63) is 0 Å². The van der Waals surface area contributed by atoms with E-state index in [1.165, 1.54) is 4.90 Å². The molecule has 21 heavy (non-hydrogen) atoms. The number of amides is 2. The van der Waals surface area contributed by atoms with Crippen LogP contribution >= 0.6 is 0 Å². The van der Waals surface area contributed by atoms with Crippen LogP contribution < -0.4 is 0 Å². The minimum atomic E-state index is -1.06. The maximum atomic E-state index is 12.4. The van der Waals surface area contributed by atoms with Gasteiger partial charge >= 0.3 is 5.97 Å². The Morgan fingerprint density at radius 2 is 2.05 bits per heavy atom. The van der Waals surface area contributed by atoms with Crippen molar-refractivity contribution in [2.24, 2.45) is 5.92 Å². The number of rotatable bonds is 7. The standard InChI is InChI=1S/C14H22N2O5/c1-2-21-8-7-15-5-6-16(13(19)10-3-4-10)11(14(15)20)9-12(17)18/h10-11H,2-9H2,1H3,(H,17,18). The van der Waals surface area contributed by atoms with Gasteiger partial charge in [0, 0.05) is 32.2 Å². The highest BCUT2D eigenvalue weighted by Crippen LogP contribution is 2.32. The first kappa shape index (κ1) is 15.8. The van der Waals surface area contributed by atoms with Gasteiger partial charge in [-0.3, -0.25) is 14.4 Å². The number of carboxylic acids is 1. The van der Waals surface area contributed by atoms with E-state index in [4.69, 9.17) is 9.84 Å². The molecule has 1 saturated heterocycles. The van der Waals surface area contributed by atoms with E-state index in [0.717, 1.165) is 12.8 Å². The van der Waals surface area contributed by atoms with E-state index in [2.05, 4.69) is 0 Å². The number of hydrogen-bond acceptors (Lipinski definition) is 4. The Morgan fingerprint density at radius 3 is 2.62 bits per heavy atom. The monoisotopic (exact) mass is 298 g/mol. The summed E-state index contributed by atoms with van der Waals surface area (Å²) in [5.41, 5.74) is 0. The van der Waals surface area contributed by atoms with E-state index in [9.17, 15) is 14.4 Å². The van der Waals surface area contributed by atoms with Gasteiger partial charge in [0.15, 0.2) is 0 Å². The van der Waals surface area contributed by atoms with Gasteiger partial charge in [-0.1, -0.05) is 0 Å². The van der Waals surface area contributed by atoms with Gasteiger partial charge in [0.05, 0.1) is 13.0 Å².